The summed E-state index contributed by atoms with van der Waals surface area (Å²) in [6, 6.07) is 8.21. The summed E-state index contributed by atoms with van der Waals surface area (Å²) in [5.41, 5.74) is 3.52. The van der Waals surface area contributed by atoms with Gasteiger partial charge < -0.3 is 0 Å². The molecule has 1 aromatic carbocycles. The third kappa shape index (κ3) is 15.6. The Morgan fingerprint density at radius 3 is 1.76 bits per heavy atom. The summed E-state index contributed by atoms with van der Waals surface area (Å²) in [5, 5.41) is 0. The Labute approximate surface area is 149 Å². The van der Waals surface area contributed by atoms with Gasteiger partial charge in [-0.15, -0.1) is 0 Å². The quantitative estimate of drug-likeness (QED) is 0.425. The van der Waals surface area contributed by atoms with Crippen molar-refractivity contribution < 1.29 is 0 Å². The van der Waals surface area contributed by atoms with E-state index in [0.717, 1.165) is 20.1 Å². The number of benzene rings is 1. The third-order valence-corrected chi connectivity index (χ3v) is 3.57. The second-order valence-corrected chi connectivity index (χ2v) is 5.53. The van der Waals surface area contributed by atoms with Crippen LogP contribution in [0.1, 0.15) is 47.1 Å². The van der Waals surface area contributed by atoms with Crippen molar-refractivity contribution in [3.8, 4) is 0 Å². The van der Waals surface area contributed by atoms with Crippen LogP contribution in [0.5, 0.6) is 0 Å². The molecule has 0 spiro atoms. The number of aryl methyl sites for hydroxylation is 1. The Hall–Kier alpha value is -0.600. The zero-order chi connectivity index (χ0) is 17.4. The first-order valence-electron chi connectivity index (χ1n) is 7.25. The number of hydrogen-bond acceptors (Lipinski definition) is 0. The largest absolute Gasteiger partial charge is 0.0979 e. The molecule has 0 radical (unpaired) electrons. The van der Waals surface area contributed by atoms with Crippen molar-refractivity contribution >= 4 is 31.9 Å². The molecule has 0 aliphatic heterocycles. The molecule has 0 unspecified atom stereocenters. The molecule has 120 valence electrons. The zero-order valence-corrected chi connectivity index (χ0v) is 17.7. The van der Waals surface area contributed by atoms with E-state index in [9.17, 15) is 0 Å². The van der Waals surface area contributed by atoms with Gasteiger partial charge in [0.05, 0.1) is 0 Å². The summed E-state index contributed by atoms with van der Waals surface area (Å²) < 4.78 is 2.17. The molecule has 0 saturated heterocycles. The molecular weight excluding hydrogens is 388 g/mol. The fraction of sp³-hybridized carbons (Fsp3) is 0.368. The molecule has 0 amide bonds. The first-order chi connectivity index (χ1) is 9.88. The monoisotopic (exact) mass is 416 g/mol. The van der Waals surface area contributed by atoms with E-state index in [0.29, 0.717) is 0 Å². The van der Waals surface area contributed by atoms with E-state index in [-0.39, 0.29) is 0 Å². The molecule has 0 aliphatic carbocycles. The van der Waals surface area contributed by atoms with Crippen LogP contribution >= 0.6 is 31.9 Å². The average molecular weight is 418 g/mol. The van der Waals surface area contributed by atoms with E-state index in [1.165, 1.54) is 5.56 Å². The van der Waals surface area contributed by atoms with Crippen LogP contribution in [0.3, 0.4) is 0 Å². The van der Waals surface area contributed by atoms with Crippen molar-refractivity contribution in [1.29, 1.82) is 0 Å². The van der Waals surface area contributed by atoms with Crippen LogP contribution in [0.25, 0.3) is 0 Å². The van der Waals surface area contributed by atoms with E-state index in [1.807, 2.05) is 53.7 Å². The highest BCUT2D eigenvalue weighted by Gasteiger charge is 1.92. The summed E-state index contributed by atoms with van der Waals surface area (Å²) >= 11 is 6.71. The summed E-state index contributed by atoms with van der Waals surface area (Å²) in [6.07, 6.45) is 1.77. The van der Waals surface area contributed by atoms with Gasteiger partial charge >= 0.3 is 0 Å². The first kappa shape index (κ1) is 25.4. The summed E-state index contributed by atoms with van der Waals surface area (Å²) in [4.78, 5) is 0. The normalized spacial score (nSPS) is 9.38. The van der Waals surface area contributed by atoms with Gasteiger partial charge in [0.1, 0.15) is 0 Å². The number of allylic oxidation sites excluding steroid dienone is 4. The van der Waals surface area contributed by atoms with E-state index in [2.05, 4.69) is 64.1 Å². The van der Waals surface area contributed by atoms with E-state index in [1.54, 1.807) is 6.08 Å². The van der Waals surface area contributed by atoms with Crippen LogP contribution < -0.4 is 0 Å². The van der Waals surface area contributed by atoms with Crippen molar-refractivity contribution in [2.24, 2.45) is 0 Å². The Kier molecular flexibility index (Phi) is 21.1. The maximum Gasteiger partial charge on any atom is 0.0201 e. The number of halogens is 2. The lowest BCUT2D eigenvalue weighted by molar-refractivity contribution is 1.36. The van der Waals surface area contributed by atoms with Crippen molar-refractivity contribution in [3.63, 3.8) is 0 Å². The van der Waals surface area contributed by atoms with Gasteiger partial charge in [-0.25, -0.2) is 0 Å². The van der Waals surface area contributed by atoms with Crippen LogP contribution in [0.15, 0.2) is 63.6 Å². The van der Waals surface area contributed by atoms with Gasteiger partial charge in [-0.2, -0.15) is 0 Å². The van der Waals surface area contributed by atoms with Crippen LogP contribution in [-0.2, 0) is 0 Å². The van der Waals surface area contributed by atoms with Crippen LogP contribution in [0.4, 0.5) is 0 Å². The Morgan fingerprint density at radius 2 is 1.57 bits per heavy atom. The highest BCUT2D eigenvalue weighted by molar-refractivity contribution is 9.12. The Balaban J connectivity index is -0.000000250. The lowest BCUT2D eigenvalue weighted by atomic mass is 10.1. The molecule has 0 aromatic heterocycles. The predicted octanol–water partition coefficient (Wildman–Crippen LogP) is 8.23. The third-order valence-electron chi connectivity index (χ3n) is 2.16. The minimum absolute atomic E-state index is 1.02. The predicted molar refractivity (Wildman–Crippen MR) is 108 cm³/mol. The molecule has 0 atom stereocenters. The van der Waals surface area contributed by atoms with Gasteiger partial charge in [0, 0.05) is 8.96 Å². The second-order valence-electron chi connectivity index (χ2n) is 3.76. The first-order valence-corrected chi connectivity index (χ1v) is 8.84. The fourth-order valence-electron chi connectivity index (χ4n) is 0.962. The van der Waals surface area contributed by atoms with E-state index >= 15 is 0 Å². The average Bonchev–Trinajstić information content (AvgIpc) is 2.50. The molecule has 0 fully saturated rings. The smallest absolute Gasteiger partial charge is 0.0201 e. The van der Waals surface area contributed by atoms with Gasteiger partial charge in [0.25, 0.3) is 0 Å². The maximum absolute atomic E-state index is 3.79. The van der Waals surface area contributed by atoms with Gasteiger partial charge in [-0.1, -0.05) is 102 Å². The summed E-state index contributed by atoms with van der Waals surface area (Å²) in [7, 11) is 0. The van der Waals surface area contributed by atoms with Gasteiger partial charge in [0.15, 0.2) is 0 Å². The Morgan fingerprint density at radius 1 is 1.10 bits per heavy atom. The van der Waals surface area contributed by atoms with Crippen LogP contribution in [0, 0.1) is 6.92 Å². The molecule has 0 saturated carbocycles. The summed E-state index contributed by atoms with van der Waals surface area (Å²) in [6.45, 7) is 21.5. The van der Waals surface area contributed by atoms with Crippen LogP contribution in [-0.4, -0.2) is 0 Å². The molecule has 1 rings (SSSR count). The van der Waals surface area contributed by atoms with E-state index in [4.69, 9.17) is 0 Å². The number of rotatable bonds is 2. The SMILES string of the molecule is C=C/C(Br)=C(/C)C(=C)C.CC.CC.Cc1cccc(Br)c1. The van der Waals surface area contributed by atoms with Gasteiger partial charge in [-0.3, -0.25) is 0 Å². The summed E-state index contributed by atoms with van der Waals surface area (Å²) in [5.74, 6) is 0. The van der Waals surface area contributed by atoms with Gasteiger partial charge in [0.2, 0.25) is 0 Å². The van der Waals surface area contributed by atoms with E-state index < -0.39 is 0 Å². The minimum atomic E-state index is 1.02. The van der Waals surface area contributed by atoms with Gasteiger partial charge in [-0.05, 0) is 38.5 Å². The molecule has 0 nitrogen and oxygen atoms in total. The fourth-order valence-corrected chi connectivity index (χ4v) is 1.81. The maximum atomic E-state index is 3.79. The molecule has 1 aromatic rings. The van der Waals surface area contributed by atoms with Crippen LogP contribution in [0.2, 0.25) is 0 Å². The highest BCUT2D eigenvalue weighted by atomic mass is 79.9. The molecule has 2 heteroatoms. The number of hydrogen-bond donors (Lipinski definition) is 0. The second kappa shape index (κ2) is 17.5. The molecular formula is C19H30Br2. The molecule has 0 heterocycles. The van der Waals surface area contributed by atoms with Crippen molar-refractivity contribution in [3.05, 3.63) is 69.2 Å². The highest BCUT2D eigenvalue weighted by Crippen LogP contribution is 2.17. The Bertz CT molecular complexity index is 412. The lowest BCUT2D eigenvalue weighted by Gasteiger charge is -1.98. The van der Waals surface area contributed by atoms with Crippen molar-refractivity contribution in [2.75, 3.05) is 0 Å². The topological polar surface area (TPSA) is 0 Å². The zero-order valence-electron chi connectivity index (χ0n) is 14.6. The minimum Gasteiger partial charge on any atom is -0.0979 e. The molecule has 0 aliphatic rings. The molecule has 0 N–H and O–H groups in total. The molecule has 0 bridgehead atoms. The molecule has 21 heavy (non-hydrogen) atoms. The van der Waals surface area contributed by atoms with Crippen molar-refractivity contribution in [2.45, 2.75) is 48.5 Å². The van der Waals surface area contributed by atoms with Crippen molar-refractivity contribution in [1.82, 2.24) is 0 Å². The lowest BCUT2D eigenvalue weighted by Crippen LogP contribution is -1.77. The standard InChI is InChI=1S/C8H11Br.C7H7Br.2C2H6/c1-5-8(9)7(4)6(2)3;1-6-3-2-4-7(8)5-6;2*1-2/h5H,1-2H2,3-4H3;2-5H,1H3;2*1-2H3/b8-7+;;;.